The molecule has 0 saturated heterocycles. The van der Waals surface area contributed by atoms with Gasteiger partial charge in [-0.1, -0.05) is 0 Å². The Hall–Kier alpha value is -1.04. The molecule has 0 bridgehead atoms. The van der Waals surface area contributed by atoms with Gasteiger partial charge in [-0.25, -0.2) is 0 Å². The molecular weight excluding hydrogens is 289 g/mol. The van der Waals surface area contributed by atoms with E-state index in [0.717, 1.165) is 19.3 Å². The number of carbonyl (C=O) groups excluding carboxylic acids is 1. The summed E-state index contributed by atoms with van der Waals surface area (Å²) in [6, 6.07) is 1.87. The molecule has 1 aromatic heterocycles. The third-order valence-electron chi connectivity index (χ3n) is 3.10. The van der Waals surface area contributed by atoms with Crippen molar-refractivity contribution in [3.8, 4) is 5.75 Å². The van der Waals surface area contributed by atoms with Crippen molar-refractivity contribution in [2.45, 2.75) is 25.3 Å². The fraction of sp³-hybridized carbons (Fsp3) is 0.500. The van der Waals surface area contributed by atoms with Crippen molar-refractivity contribution in [3.05, 3.63) is 18.5 Å². The van der Waals surface area contributed by atoms with Crippen LogP contribution in [-0.2, 0) is 4.79 Å². The summed E-state index contributed by atoms with van der Waals surface area (Å²) in [5.41, 5.74) is 6.41. The molecule has 2 rings (SSSR count). The molecule has 7 heteroatoms. The summed E-state index contributed by atoms with van der Waals surface area (Å²) in [6.45, 7) is 0. The van der Waals surface area contributed by atoms with Crippen molar-refractivity contribution in [1.29, 1.82) is 0 Å². The van der Waals surface area contributed by atoms with Gasteiger partial charge in [0, 0.05) is 24.2 Å². The molecule has 2 unspecified atom stereocenters. The third kappa shape index (κ3) is 4.53. The molecule has 1 aromatic rings. The van der Waals surface area contributed by atoms with Crippen LogP contribution < -0.4 is 15.8 Å². The lowest BCUT2D eigenvalue weighted by atomic mass is 10.1. The van der Waals surface area contributed by atoms with Crippen molar-refractivity contribution >= 4 is 36.4 Å². The second kappa shape index (κ2) is 8.19. The van der Waals surface area contributed by atoms with Crippen LogP contribution in [0.15, 0.2) is 18.5 Å². The fourth-order valence-electron chi connectivity index (χ4n) is 2.14. The molecule has 1 heterocycles. The monoisotopic (exact) mass is 307 g/mol. The molecular formula is C12H19Cl2N3O2. The van der Waals surface area contributed by atoms with Gasteiger partial charge in [-0.05, 0) is 19.3 Å². The van der Waals surface area contributed by atoms with Crippen LogP contribution in [0, 0.1) is 5.92 Å². The lowest BCUT2D eigenvalue weighted by molar-refractivity contribution is -0.119. The van der Waals surface area contributed by atoms with E-state index in [1.807, 2.05) is 0 Å². The number of halogens is 2. The first-order valence-corrected chi connectivity index (χ1v) is 5.75. The molecule has 1 aliphatic rings. The van der Waals surface area contributed by atoms with Gasteiger partial charge >= 0.3 is 0 Å². The Morgan fingerprint density at radius 1 is 1.47 bits per heavy atom. The van der Waals surface area contributed by atoms with Crippen LogP contribution in [-0.4, -0.2) is 24.0 Å². The van der Waals surface area contributed by atoms with Crippen molar-refractivity contribution in [2.75, 3.05) is 12.4 Å². The van der Waals surface area contributed by atoms with Crippen LogP contribution >= 0.6 is 24.8 Å². The number of hydrogen-bond donors (Lipinski definition) is 2. The molecule has 0 spiro atoms. The van der Waals surface area contributed by atoms with E-state index in [2.05, 4.69) is 10.3 Å². The molecule has 2 atom stereocenters. The standard InChI is InChI=1S/C12H17N3O2.2ClH/c1-17-11-4-5-14-7-10(11)15-12(16)8-2-3-9(13)6-8;;/h4-5,7-9H,2-3,6,13H2,1H3,(H,15,16);2*1H. The summed E-state index contributed by atoms with van der Waals surface area (Å²) in [5.74, 6) is 0.634. The van der Waals surface area contributed by atoms with Gasteiger partial charge in [0.05, 0.1) is 13.3 Å². The van der Waals surface area contributed by atoms with E-state index in [0.29, 0.717) is 11.4 Å². The number of anilines is 1. The zero-order valence-electron chi connectivity index (χ0n) is 10.7. The second-order valence-electron chi connectivity index (χ2n) is 4.34. The van der Waals surface area contributed by atoms with Crippen LogP contribution in [0.25, 0.3) is 0 Å². The Morgan fingerprint density at radius 2 is 2.21 bits per heavy atom. The summed E-state index contributed by atoms with van der Waals surface area (Å²) >= 11 is 0. The lowest BCUT2D eigenvalue weighted by Crippen LogP contribution is -2.23. The molecule has 5 nitrogen and oxygen atoms in total. The minimum absolute atomic E-state index is 0. The molecule has 1 amide bonds. The van der Waals surface area contributed by atoms with Gasteiger partial charge in [0.2, 0.25) is 5.91 Å². The van der Waals surface area contributed by atoms with E-state index in [1.54, 1.807) is 25.6 Å². The predicted octanol–water partition coefficient (Wildman–Crippen LogP) is 2.00. The van der Waals surface area contributed by atoms with Gasteiger partial charge in [-0.15, -0.1) is 24.8 Å². The maximum Gasteiger partial charge on any atom is 0.227 e. The average Bonchev–Trinajstić information content (AvgIpc) is 2.77. The van der Waals surface area contributed by atoms with Crippen LogP contribution in [0.4, 0.5) is 5.69 Å². The van der Waals surface area contributed by atoms with Crippen LogP contribution in [0.2, 0.25) is 0 Å². The topological polar surface area (TPSA) is 77.2 Å². The van der Waals surface area contributed by atoms with Crippen LogP contribution in [0.5, 0.6) is 5.75 Å². The van der Waals surface area contributed by atoms with Gasteiger partial charge in [-0.3, -0.25) is 9.78 Å². The maximum atomic E-state index is 12.0. The van der Waals surface area contributed by atoms with E-state index in [4.69, 9.17) is 10.5 Å². The summed E-state index contributed by atoms with van der Waals surface area (Å²) < 4.78 is 5.15. The summed E-state index contributed by atoms with van der Waals surface area (Å²) in [7, 11) is 1.57. The number of pyridine rings is 1. The Kier molecular flexibility index (Phi) is 7.75. The van der Waals surface area contributed by atoms with E-state index < -0.39 is 0 Å². The number of nitrogens with two attached hydrogens (primary N) is 1. The summed E-state index contributed by atoms with van der Waals surface area (Å²) in [6.07, 6.45) is 5.75. The Bertz CT molecular complexity index is 418. The number of nitrogens with one attached hydrogen (secondary N) is 1. The Balaban J connectivity index is 0.00000162. The Labute approximate surface area is 125 Å². The minimum Gasteiger partial charge on any atom is -0.494 e. The smallest absolute Gasteiger partial charge is 0.227 e. The summed E-state index contributed by atoms with van der Waals surface area (Å²) in [4.78, 5) is 15.9. The lowest BCUT2D eigenvalue weighted by Gasteiger charge is -2.12. The second-order valence-corrected chi connectivity index (χ2v) is 4.34. The van der Waals surface area contributed by atoms with Gasteiger partial charge in [0.15, 0.2) is 0 Å². The third-order valence-corrected chi connectivity index (χ3v) is 3.10. The molecule has 0 aromatic carbocycles. The van der Waals surface area contributed by atoms with E-state index in [9.17, 15) is 4.79 Å². The van der Waals surface area contributed by atoms with Crippen molar-refractivity contribution in [1.82, 2.24) is 4.98 Å². The number of nitrogens with zero attached hydrogens (tertiary/aromatic N) is 1. The molecule has 1 fully saturated rings. The summed E-state index contributed by atoms with van der Waals surface area (Å²) in [5, 5.41) is 2.84. The average molecular weight is 308 g/mol. The van der Waals surface area contributed by atoms with E-state index >= 15 is 0 Å². The molecule has 3 N–H and O–H groups in total. The van der Waals surface area contributed by atoms with Gasteiger partial charge in [-0.2, -0.15) is 0 Å². The number of rotatable bonds is 3. The van der Waals surface area contributed by atoms with Gasteiger partial charge < -0.3 is 15.8 Å². The first-order valence-electron chi connectivity index (χ1n) is 5.75. The number of ether oxygens (including phenoxy) is 1. The van der Waals surface area contributed by atoms with Crippen molar-refractivity contribution < 1.29 is 9.53 Å². The largest absolute Gasteiger partial charge is 0.494 e. The van der Waals surface area contributed by atoms with Crippen molar-refractivity contribution in [2.24, 2.45) is 11.7 Å². The molecule has 1 aliphatic carbocycles. The normalized spacial score (nSPS) is 20.9. The van der Waals surface area contributed by atoms with Gasteiger partial charge in [0.25, 0.3) is 0 Å². The SMILES string of the molecule is COc1ccncc1NC(=O)C1CCC(N)C1.Cl.Cl. The number of aromatic nitrogens is 1. The number of hydrogen-bond acceptors (Lipinski definition) is 4. The highest BCUT2D eigenvalue weighted by Gasteiger charge is 2.28. The Morgan fingerprint density at radius 3 is 2.79 bits per heavy atom. The number of amides is 1. The van der Waals surface area contributed by atoms with Crippen molar-refractivity contribution in [3.63, 3.8) is 0 Å². The van der Waals surface area contributed by atoms with Crippen LogP contribution in [0.1, 0.15) is 19.3 Å². The highest BCUT2D eigenvalue weighted by molar-refractivity contribution is 5.93. The molecule has 0 aliphatic heterocycles. The first kappa shape index (κ1) is 18.0. The quantitative estimate of drug-likeness (QED) is 0.895. The zero-order chi connectivity index (χ0) is 12.3. The van der Waals surface area contributed by atoms with Gasteiger partial charge in [0.1, 0.15) is 11.4 Å². The number of carbonyl (C=O) groups is 1. The highest BCUT2D eigenvalue weighted by Crippen LogP contribution is 2.27. The number of methoxy groups -OCH3 is 1. The van der Waals surface area contributed by atoms with E-state index in [-0.39, 0.29) is 42.7 Å². The highest BCUT2D eigenvalue weighted by atomic mass is 35.5. The zero-order valence-corrected chi connectivity index (χ0v) is 12.3. The predicted molar refractivity (Wildman–Crippen MR) is 79.2 cm³/mol. The first-order chi connectivity index (χ1) is 8.20. The molecule has 0 radical (unpaired) electrons. The fourth-order valence-corrected chi connectivity index (χ4v) is 2.14. The van der Waals surface area contributed by atoms with E-state index in [1.165, 1.54) is 0 Å². The minimum atomic E-state index is 0. The van der Waals surface area contributed by atoms with Crippen LogP contribution in [0.3, 0.4) is 0 Å². The molecule has 19 heavy (non-hydrogen) atoms. The molecule has 1 saturated carbocycles. The maximum absolute atomic E-state index is 12.0. The molecule has 108 valence electrons.